The Bertz CT molecular complexity index is 978. The van der Waals surface area contributed by atoms with Crippen LogP contribution in [0, 0.1) is 11.6 Å². The van der Waals surface area contributed by atoms with E-state index in [2.05, 4.69) is 10.3 Å². The average molecular weight is 399 g/mol. The number of nitrogens with zero attached hydrogens (tertiary/aromatic N) is 1. The number of carbonyl (C=O) groups is 1. The Hall–Kier alpha value is -2.75. The van der Waals surface area contributed by atoms with Gasteiger partial charge in [0.15, 0.2) is 11.6 Å². The lowest BCUT2D eigenvalue weighted by Crippen LogP contribution is -2.34. The van der Waals surface area contributed by atoms with Crippen molar-refractivity contribution in [3.8, 4) is 17.0 Å². The second-order valence-corrected chi connectivity index (χ2v) is 7.83. The van der Waals surface area contributed by atoms with E-state index in [0.717, 1.165) is 12.3 Å². The summed E-state index contributed by atoms with van der Waals surface area (Å²) in [5, 5.41) is 2.32. The van der Waals surface area contributed by atoms with Gasteiger partial charge in [-0.3, -0.25) is 0 Å². The van der Waals surface area contributed by atoms with E-state index in [-0.39, 0.29) is 28.6 Å². The van der Waals surface area contributed by atoms with E-state index in [1.165, 1.54) is 25.4 Å². The van der Waals surface area contributed by atoms with Gasteiger partial charge >= 0.3 is 6.03 Å². The van der Waals surface area contributed by atoms with Gasteiger partial charge in [-0.15, -0.1) is 0 Å². The van der Waals surface area contributed by atoms with Crippen LogP contribution in [0.4, 0.5) is 19.3 Å². The van der Waals surface area contributed by atoms with E-state index in [0.29, 0.717) is 5.56 Å². The average Bonchev–Trinajstić information content (AvgIpc) is 2.56. The molecule has 1 aromatic heterocycles. The molecule has 0 unspecified atom stereocenters. The molecule has 0 aliphatic carbocycles. The molecule has 2 rings (SSSR count). The normalized spacial score (nSPS) is 11.4. The fourth-order valence-corrected chi connectivity index (χ4v) is 2.88. The number of ether oxygens (including phenoxy) is 1. The summed E-state index contributed by atoms with van der Waals surface area (Å²) in [6, 6.07) is 2.68. The molecule has 146 valence electrons. The zero-order valence-electron chi connectivity index (χ0n) is 15.1. The summed E-state index contributed by atoms with van der Waals surface area (Å²) in [6.07, 6.45) is 2.14. The Morgan fingerprint density at radius 2 is 1.93 bits per heavy atom. The first kappa shape index (κ1) is 20.6. The lowest BCUT2D eigenvalue weighted by Gasteiger charge is -2.20. The number of amides is 2. The van der Waals surface area contributed by atoms with Crippen molar-refractivity contribution in [1.82, 2.24) is 9.71 Å². The van der Waals surface area contributed by atoms with Crippen LogP contribution in [0.3, 0.4) is 0 Å². The van der Waals surface area contributed by atoms with E-state index < -0.39 is 27.7 Å². The van der Waals surface area contributed by atoms with E-state index in [9.17, 15) is 22.0 Å². The fourth-order valence-electron chi connectivity index (χ4n) is 2.49. The van der Waals surface area contributed by atoms with Gasteiger partial charge < -0.3 is 10.1 Å². The highest BCUT2D eigenvalue weighted by molar-refractivity contribution is 7.89. The summed E-state index contributed by atoms with van der Waals surface area (Å²) in [4.78, 5) is 16.0. The Labute approximate surface area is 155 Å². The first-order chi connectivity index (χ1) is 12.5. The minimum Gasteiger partial charge on any atom is -0.481 e. The molecule has 2 amide bonds. The number of rotatable bonds is 5. The van der Waals surface area contributed by atoms with Crippen molar-refractivity contribution in [3.63, 3.8) is 0 Å². The lowest BCUT2D eigenvalue weighted by molar-refractivity contribution is 0.256. The highest BCUT2D eigenvalue weighted by Crippen LogP contribution is 2.39. The number of sulfonamides is 1. The third-order valence-corrected chi connectivity index (χ3v) is 4.18. The number of aromatic nitrogens is 1. The number of urea groups is 1. The van der Waals surface area contributed by atoms with Crippen LogP contribution in [0.2, 0.25) is 0 Å². The van der Waals surface area contributed by atoms with Gasteiger partial charge in [0, 0.05) is 17.8 Å². The molecule has 0 spiro atoms. The Morgan fingerprint density at radius 1 is 1.26 bits per heavy atom. The maximum absolute atomic E-state index is 14.7. The third kappa shape index (κ3) is 4.91. The SMILES string of the molecule is COc1cc(-c2c(F)c(F)cc(C(C)C)c2NC(=O)NS(C)(=O)=O)ccn1. The summed E-state index contributed by atoms with van der Waals surface area (Å²) in [6.45, 7) is 3.45. The molecule has 0 aliphatic rings. The van der Waals surface area contributed by atoms with Crippen molar-refractivity contribution in [2.24, 2.45) is 0 Å². The molecule has 1 aromatic carbocycles. The smallest absolute Gasteiger partial charge is 0.332 e. The van der Waals surface area contributed by atoms with Gasteiger partial charge in [0.1, 0.15) is 0 Å². The number of halogens is 2. The van der Waals surface area contributed by atoms with Crippen LogP contribution in [0.25, 0.3) is 11.1 Å². The van der Waals surface area contributed by atoms with Gasteiger partial charge in [0.05, 0.1) is 19.1 Å². The quantitative estimate of drug-likeness (QED) is 0.804. The van der Waals surface area contributed by atoms with Gasteiger partial charge in [0.2, 0.25) is 15.9 Å². The van der Waals surface area contributed by atoms with Gasteiger partial charge in [-0.1, -0.05) is 13.8 Å². The molecule has 0 atom stereocenters. The number of hydrogen-bond acceptors (Lipinski definition) is 5. The number of nitrogens with one attached hydrogen (secondary N) is 2. The monoisotopic (exact) mass is 399 g/mol. The number of anilines is 1. The highest BCUT2D eigenvalue weighted by Gasteiger charge is 2.24. The molecule has 0 bridgehead atoms. The molecule has 10 heteroatoms. The van der Waals surface area contributed by atoms with Crippen molar-refractivity contribution in [3.05, 3.63) is 41.6 Å². The molecule has 2 aromatic rings. The van der Waals surface area contributed by atoms with Crippen molar-refractivity contribution in [1.29, 1.82) is 0 Å². The predicted octanol–water partition coefficient (Wildman–Crippen LogP) is 3.24. The zero-order chi connectivity index (χ0) is 20.4. The summed E-state index contributed by atoms with van der Waals surface area (Å²) < 4.78 is 58.2. The molecular weight excluding hydrogens is 380 g/mol. The number of methoxy groups -OCH3 is 1. The fraction of sp³-hybridized carbons (Fsp3) is 0.294. The first-order valence-corrected chi connectivity index (χ1v) is 9.73. The molecule has 0 fully saturated rings. The molecule has 2 N–H and O–H groups in total. The van der Waals surface area contributed by atoms with Crippen LogP contribution < -0.4 is 14.8 Å². The van der Waals surface area contributed by atoms with Crippen LogP contribution >= 0.6 is 0 Å². The maximum atomic E-state index is 14.7. The maximum Gasteiger partial charge on any atom is 0.332 e. The topological polar surface area (TPSA) is 97.4 Å². The molecule has 7 nitrogen and oxygen atoms in total. The predicted molar refractivity (Wildman–Crippen MR) is 97.2 cm³/mol. The Morgan fingerprint density at radius 3 is 2.48 bits per heavy atom. The van der Waals surface area contributed by atoms with Crippen molar-refractivity contribution in [2.45, 2.75) is 19.8 Å². The zero-order valence-corrected chi connectivity index (χ0v) is 15.9. The Balaban J connectivity index is 2.71. The number of pyridine rings is 1. The Kier molecular flexibility index (Phi) is 5.99. The summed E-state index contributed by atoms with van der Waals surface area (Å²) in [7, 11) is -2.48. The minimum absolute atomic E-state index is 0.0432. The summed E-state index contributed by atoms with van der Waals surface area (Å²) >= 11 is 0. The second-order valence-electron chi connectivity index (χ2n) is 6.08. The largest absolute Gasteiger partial charge is 0.481 e. The van der Waals surface area contributed by atoms with Crippen molar-refractivity contribution in [2.75, 3.05) is 18.7 Å². The van der Waals surface area contributed by atoms with Crippen LogP contribution in [-0.2, 0) is 10.0 Å². The van der Waals surface area contributed by atoms with E-state index in [4.69, 9.17) is 4.74 Å². The van der Waals surface area contributed by atoms with Crippen molar-refractivity contribution >= 4 is 21.7 Å². The van der Waals surface area contributed by atoms with Gasteiger partial charge in [-0.25, -0.2) is 31.7 Å². The molecule has 0 radical (unpaired) electrons. The van der Waals surface area contributed by atoms with Gasteiger partial charge in [-0.05, 0) is 29.2 Å². The lowest BCUT2D eigenvalue weighted by atomic mass is 9.93. The number of carbonyl (C=O) groups excluding carboxylic acids is 1. The summed E-state index contributed by atoms with van der Waals surface area (Å²) in [5.41, 5.74) is 0.222. The van der Waals surface area contributed by atoms with Crippen LogP contribution in [0.15, 0.2) is 24.4 Å². The number of benzene rings is 1. The molecule has 0 aliphatic heterocycles. The third-order valence-electron chi connectivity index (χ3n) is 3.62. The van der Waals surface area contributed by atoms with E-state index in [1.807, 2.05) is 0 Å². The minimum atomic E-state index is -3.84. The van der Waals surface area contributed by atoms with Crippen LogP contribution in [0.5, 0.6) is 5.88 Å². The number of hydrogen-bond donors (Lipinski definition) is 2. The highest BCUT2D eigenvalue weighted by atomic mass is 32.2. The van der Waals surface area contributed by atoms with E-state index >= 15 is 0 Å². The molecule has 0 saturated carbocycles. The van der Waals surface area contributed by atoms with E-state index in [1.54, 1.807) is 18.6 Å². The second kappa shape index (κ2) is 7.87. The van der Waals surface area contributed by atoms with Crippen LogP contribution in [-0.4, -0.2) is 32.8 Å². The van der Waals surface area contributed by atoms with Gasteiger partial charge in [-0.2, -0.15) is 0 Å². The summed E-state index contributed by atoms with van der Waals surface area (Å²) in [5.74, 6) is -2.43. The van der Waals surface area contributed by atoms with Gasteiger partial charge in [0.25, 0.3) is 0 Å². The van der Waals surface area contributed by atoms with Crippen LogP contribution in [0.1, 0.15) is 25.3 Å². The van der Waals surface area contributed by atoms with Crippen molar-refractivity contribution < 1.29 is 26.7 Å². The molecule has 0 saturated heterocycles. The molecule has 1 heterocycles. The first-order valence-electron chi connectivity index (χ1n) is 7.84. The molecule has 27 heavy (non-hydrogen) atoms. The molecular formula is C17H19F2N3O4S. The standard InChI is InChI=1S/C17H19F2N3O4S/c1-9(2)11-8-12(18)15(19)14(10-5-6-20-13(7-10)26-3)16(11)21-17(23)22-27(4,24)25/h5-9H,1-4H3,(H2,21,22,23).